The lowest BCUT2D eigenvalue weighted by molar-refractivity contribution is 0.0817. The molecule has 140 valence electrons. The molecule has 2 aromatic rings. The third-order valence-electron chi connectivity index (χ3n) is 5.00. The van der Waals surface area contributed by atoms with Crippen molar-refractivity contribution in [3.63, 3.8) is 0 Å². The van der Waals surface area contributed by atoms with E-state index in [2.05, 4.69) is 76.8 Å². The molecule has 4 nitrogen and oxygen atoms in total. The van der Waals surface area contributed by atoms with E-state index in [9.17, 15) is 0 Å². The molecular formula is C19H34N2O2Si2. The summed E-state index contributed by atoms with van der Waals surface area (Å²) in [6.07, 6.45) is 1.90. The Kier molecular flexibility index (Phi) is 5.86. The standard InChI is InChI=1S/C19H34N2O2Si2/c1-19(2,3)25(7,8)23-17-9-10-18-16(13-17)14-20-21(18)15-22-11-12-24(4,5)6/h9-10,13-14H,11-12,15H2,1-8H3. The molecule has 0 aliphatic heterocycles. The van der Waals surface area contributed by atoms with E-state index < -0.39 is 16.4 Å². The minimum absolute atomic E-state index is 0.191. The lowest BCUT2D eigenvalue weighted by Gasteiger charge is -2.36. The fourth-order valence-electron chi connectivity index (χ4n) is 2.21. The summed E-state index contributed by atoms with van der Waals surface area (Å²) in [5.41, 5.74) is 1.09. The molecule has 25 heavy (non-hydrogen) atoms. The SMILES string of the molecule is CC(C)(C)[Si](C)(C)Oc1ccc2c(cnn2COCC[Si](C)(C)C)c1. The molecule has 0 spiro atoms. The van der Waals surface area contributed by atoms with Crippen molar-refractivity contribution in [3.05, 3.63) is 24.4 Å². The van der Waals surface area contributed by atoms with Crippen LogP contribution >= 0.6 is 0 Å². The first kappa shape index (κ1) is 20.2. The fourth-order valence-corrected chi connectivity index (χ4v) is 3.99. The number of hydrogen-bond acceptors (Lipinski definition) is 3. The highest BCUT2D eigenvalue weighted by Crippen LogP contribution is 2.37. The normalized spacial score (nSPS) is 13.4. The van der Waals surface area contributed by atoms with Gasteiger partial charge in [-0.15, -0.1) is 0 Å². The van der Waals surface area contributed by atoms with Gasteiger partial charge in [0.15, 0.2) is 0 Å². The van der Waals surface area contributed by atoms with Gasteiger partial charge in [-0.25, -0.2) is 4.68 Å². The van der Waals surface area contributed by atoms with Crippen LogP contribution in [0.1, 0.15) is 20.8 Å². The first-order valence-corrected chi connectivity index (χ1v) is 15.7. The first-order valence-electron chi connectivity index (χ1n) is 9.11. The van der Waals surface area contributed by atoms with Crippen molar-refractivity contribution in [1.29, 1.82) is 0 Å². The van der Waals surface area contributed by atoms with Gasteiger partial charge < -0.3 is 9.16 Å². The van der Waals surface area contributed by atoms with Crippen molar-refractivity contribution in [2.45, 2.75) is 71.3 Å². The lowest BCUT2D eigenvalue weighted by Crippen LogP contribution is -2.43. The molecule has 1 aromatic carbocycles. The predicted molar refractivity (Wildman–Crippen MR) is 112 cm³/mol. The van der Waals surface area contributed by atoms with Gasteiger partial charge >= 0.3 is 0 Å². The quantitative estimate of drug-likeness (QED) is 0.456. The zero-order valence-corrected chi connectivity index (χ0v) is 19.1. The zero-order valence-electron chi connectivity index (χ0n) is 17.1. The van der Waals surface area contributed by atoms with Crippen LogP contribution in [0.25, 0.3) is 10.9 Å². The van der Waals surface area contributed by atoms with Gasteiger partial charge in [-0.1, -0.05) is 40.4 Å². The van der Waals surface area contributed by atoms with E-state index >= 15 is 0 Å². The largest absolute Gasteiger partial charge is 0.543 e. The van der Waals surface area contributed by atoms with Crippen molar-refractivity contribution in [3.8, 4) is 5.75 Å². The van der Waals surface area contributed by atoms with E-state index in [1.807, 2.05) is 10.9 Å². The van der Waals surface area contributed by atoms with Crippen molar-refractivity contribution >= 4 is 27.3 Å². The topological polar surface area (TPSA) is 36.3 Å². The Morgan fingerprint density at radius 2 is 1.76 bits per heavy atom. The number of fused-ring (bicyclic) bond motifs is 1. The van der Waals surface area contributed by atoms with E-state index in [4.69, 9.17) is 9.16 Å². The van der Waals surface area contributed by atoms with Crippen molar-refractivity contribution in [2.24, 2.45) is 0 Å². The highest BCUT2D eigenvalue weighted by Gasteiger charge is 2.39. The summed E-state index contributed by atoms with van der Waals surface area (Å²) in [7, 11) is -2.86. The number of rotatable bonds is 7. The minimum atomic E-state index is -1.82. The molecule has 0 aliphatic rings. The average Bonchev–Trinajstić information content (AvgIpc) is 2.83. The van der Waals surface area contributed by atoms with Gasteiger partial charge in [0.05, 0.1) is 11.7 Å². The second kappa shape index (κ2) is 7.25. The van der Waals surface area contributed by atoms with Crippen LogP contribution in [0.15, 0.2) is 24.4 Å². The van der Waals surface area contributed by atoms with Gasteiger partial charge in [0.1, 0.15) is 12.5 Å². The van der Waals surface area contributed by atoms with E-state index in [1.165, 1.54) is 6.04 Å². The Morgan fingerprint density at radius 3 is 2.36 bits per heavy atom. The molecule has 2 rings (SSSR count). The maximum Gasteiger partial charge on any atom is 0.250 e. The summed E-state index contributed by atoms with van der Waals surface area (Å²) in [5.74, 6) is 0.943. The zero-order chi connectivity index (χ0) is 18.9. The molecule has 0 aliphatic carbocycles. The van der Waals surface area contributed by atoms with Crippen LogP contribution in [0.5, 0.6) is 5.75 Å². The van der Waals surface area contributed by atoms with Crippen LogP contribution in [0.4, 0.5) is 0 Å². The van der Waals surface area contributed by atoms with Gasteiger partial charge in [-0.3, -0.25) is 0 Å². The maximum atomic E-state index is 6.39. The van der Waals surface area contributed by atoms with Gasteiger partial charge in [0, 0.05) is 20.1 Å². The minimum Gasteiger partial charge on any atom is -0.543 e. The summed E-state index contributed by atoms with van der Waals surface area (Å²) in [6, 6.07) is 7.42. The smallest absolute Gasteiger partial charge is 0.250 e. The maximum absolute atomic E-state index is 6.39. The number of nitrogens with zero attached hydrogens (tertiary/aromatic N) is 2. The van der Waals surface area contributed by atoms with Crippen molar-refractivity contribution in [2.75, 3.05) is 6.61 Å². The number of aromatic nitrogens is 2. The van der Waals surface area contributed by atoms with Crippen LogP contribution < -0.4 is 4.43 Å². The molecule has 0 saturated heterocycles. The number of ether oxygens (including phenoxy) is 1. The molecular weight excluding hydrogens is 344 g/mol. The molecule has 0 amide bonds. The molecule has 0 bridgehead atoms. The first-order chi connectivity index (χ1) is 11.4. The van der Waals surface area contributed by atoms with E-state index in [0.29, 0.717) is 6.73 Å². The monoisotopic (exact) mass is 378 g/mol. The predicted octanol–water partition coefficient (Wildman–Crippen LogP) is 5.73. The van der Waals surface area contributed by atoms with Gasteiger partial charge in [-0.05, 0) is 42.4 Å². The highest BCUT2D eigenvalue weighted by molar-refractivity contribution is 6.76. The Labute approximate surface area is 154 Å². The van der Waals surface area contributed by atoms with Crippen LogP contribution in [0.3, 0.4) is 0 Å². The third-order valence-corrected chi connectivity index (χ3v) is 11.1. The Balaban J connectivity index is 2.06. The summed E-state index contributed by atoms with van der Waals surface area (Å²) < 4.78 is 14.1. The molecule has 0 radical (unpaired) electrons. The molecule has 6 heteroatoms. The van der Waals surface area contributed by atoms with E-state index in [1.54, 1.807) is 0 Å². The molecule has 0 saturated carbocycles. The third kappa shape index (κ3) is 5.43. The van der Waals surface area contributed by atoms with Crippen LogP contribution in [0.2, 0.25) is 43.8 Å². The Hall–Kier alpha value is -1.12. The van der Waals surface area contributed by atoms with Crippen LogP contribution in [0, 0.1) is 0 Å². The molecule has 1 heterocycles. The van der Waals surface area contributed by atoms with Gasteiger partial charge in [-0.2, -0.15) is 5.10 Å². The van der Waals surface area contributed by atoms with Crippen molar-refractivity contribution < 1.29 is 9.16 Å². The highest BCUT2D eigenvalue weighted by atomic mass is 28.4. The second-order valence-corrected chi connectivity index (χ2v) is 19.9. The Morgan fingerprint density at radius 1 is 1.08 bits per heavy atom. The van der Waals surface area contributed by atoms with Gasteiger partial charge in [0.25, 0.3) is 0 Å². The number of benzene rings is 1. The van der Waals surface area contributed by atoms with E-state index in [0.717, 1.165) is 23.3 Å². The second-order valence-electron chi connectivity index (χ2n) is 9.58. The van der Waals surface area contributed by atoms with Gasteiger partial charge in [0.2, 0.25) is 8.32 Å². The Bertz CT molecular complexity index is 712. The summed E-state index contributed by atoms with van der Waals surface area (Å²) >= 11 is 0. The molecule has 0 atom stereocenters. The fraction of sp³-hybridized carbons (Fsp3) is 0.632. The number of hydrogen-bond donors (Lipinski definition) is 0. The molecule has 0 N–H and O–H groups in total. The van der Waals surface area contributed by atoms with Crippen molar-refractivity contribution in [1.82, 2.24) is 9.78 Å². The summed E-state index contributed by atoms with van der Waals surface area (Å²) in [5, 5.41) is 5.77. The lowest BCUT2D eigenvalue weighted by atomic mass is 10.2. The average molecular weight is 379 g/mol. The molecule has 0 fully saturated rings. The summed E-state index contributed by atoms with van der Waals surface area (Å²) in [4.78, 5) is 0. The van der Waals surface area contributed by atoms with E-state index in [-0.39, 0.29) is 5.04 Å². The summed E-state index contributed by atoms with van der Waals surface area (Å²) in [6.45, 7) is 19.7. The van der Waals surface area contributed by atoms with Crippen LogP contribution in [-0.2, 0) is 11.5 Å². The van der Waals surface area contributed by atoms with Crippen LogP contribution in [-0.4, -0.2) is 32.8 Å². The molecule has 1 aromatic heterocycles. The molecule has 0 unspecified atom stereocenters.